The number of aromatic nitrogens is 4. The number of fused-ring (bicyclic) bond motifs is 1. The highest BCUT2D eigenvalue weighted by atomic mass is 32.2. The molecule has 0 aliphatic rings. The fourth-order valence-corrected chi connectivity index (χ4v) is 4.09. The van der Waals surface area contributed by atoms with E-state index in [0.717, 1.165) is 16.9 Å². The first-order chi connectivity index (χ1) is 11.6. The standard InChI is InChI=1S/C13H12F3N5O2S2/c1-8-3-2-4-9(5-8)7-25(22,23)17-6-10-20-21-11(13(14,15)16)18-19-12(21)24-10/h2-5,17H,6-7H2,1H3. The van der Waals surface area contributed by atoms with Crippen molar-refractivity contribution in [1.82, 2.24) is 24.5 Å². The molecule has 3 rings (SSSR count). The van der Waals surface area contributed by atoms with Gasteiger partial charge in [-0.25, -0.2) is 13.1 Å². The van der Waals surface area contributed by atoms with Gasteiger partial charge >= 0.3 is 6.18 Å². The van der Waals surface area contributed by atoms with Gasteiger partial charge in [0.25, 0.3) is 5.82 Å². The maximum Gasteiger partial charge on any atom is 0.453 e. The lowest BCUT2D eigenvalue weighted by Crippen LogP contribution is -2.24. The van der Waals surface area contributed by atoms with Crippen LogP contribution in [0, 0.1) is 6.92 Å². The predicted octanol–water partition coefficient (Wildman–Crippen LogP) is 2.13. The van der Waals surface area contributed by atoms with Gasteiger partial charge < -0.3 is 0 Å². The minimum Gasteiger partial charge on any atom is -0.212 e. The van der Waals surface area contributed by atoms with Gasteiger partial charge in [-0.15, -0.1) is 10.2 Å². The van der Waals surface area contributed by atoms with E-state index in [0.29, 0.717) is 10.1 Å². The Morgan fingerprint density at radius 3 is 2.72 bits per heavy atom. The van der Waals surface area contributed by atoms with Crippen molar-refractivity contribution in [2.75, 3.05) is 0 Å². The van der Waals surface area contributed by atoms with Crippen LogP contribution in [-0.4, -0.2) is 28.2 Å². The van der Waals surface area contributed by atoms with Gasteiger partial charge in [0.05, 0.1) is 12.3 Å². The first-order valence-electron chi connectivity index (χ1n) is 6.95. The van der Waals surface area contributed by atoms with E-state index in [1.54, 1.807) is 18.2 Å². The molecule has 12 heteroatoms. The van der Waals surface area contributed by atoms with Gasteiger partial charge in [0.2, 0.25) is 15.0 Å². The van der Waals surface area contributed by atoms with E-state index in [4.69, 9.17) is 0 Å². The number of nitrogens with zero attached hydrogens (tertiary/aromatic N) is 4. The van der Waals surface area contributed by atoms with Crippen molar-refractivity contribution in [1.29, 1.82) is 0 Å². The van der Waals surface area contributed by atoms with Crippen molar-refractivity contribution >= 4 is 26.3 Å². The van der Waals surface area contributed by atoms with Crippen molar-refractivity contribution in [3.05, 3.63) is 46.2 Å². The highest BCUT2D eigenvalue weighted by Gasteiger charge is 2.38. The summed E-state index contributed by atoms with van der Waals surface area (Å²) in [6.45, 7) is 1.63. The fraction of sp³-hybridized carbons (Fsp3) is 0.308. The molecule has 0 spiro atoms. The summed E-state index contributed by atoms with van der Waals surface area (Å²) < 4.78 is 65.3. The van der Waals surface area contributed by atoms with E-state index >= 15 is 0 Å². The number of hydrogen-bond acceptors (Lipinski definition) is 6. The van der Waals surface area contributed by atoms with E-state index in [9.17, 15) is 21.6 Å². The molecule has 0 aliphatic carbocycles. The summed E-state index contributed by atoms with van der Waals surface area (Å²) >= 11 is 0.835. The number of nitrogens with one attached hydrogen (secondary N) is 1. The van der Waals surface area contributed by atoms with Gasteiger partial charge in [-0.1, -0.05) is 41.2 Å². The van der Waals surface area contributed by atoms with E-state index < -0.39 is 22.0 Å². The van der Waals surface area contributed by atoms with Gasteiger partial charge in [-0.3, -0.25) is 0 Å². The Bertz CT molecular complexity index is 1010. The molecule has 0 unspecified atom stereocenters. The molecule has 0 saturated carbocycles. The van der Waals surface area contributed by atoms with Crippen molar-refractivity contribution in [3.8, 4) is 0 Å². The third-order valence-electron chi connectivity index (χ3n) is 3.17. The average molecular weight is 391 g/mol. The van der Waals surface area contributed by atoms with Gasteiger partial charge in [0.1, 0.15) is 5.01 Å². The molecular formula is C13H12F3N5O2S2. The highest BCUT2D eigenvalue weighted by Crippen LogP contribution is 2.28. The first kappa shape index (κ1) is 17.8. The summed E-state index contributed by atoms with van der Waals surface area (Å²) in [5.74, 6) is -1.47. The van der Waals surface area contributed by atoms with E-state index in [-0.39, 0.29) is 22.3 Å². The van der Waals surface area contributed by atoms with Crippen LogP contribution >= 0.6 is 11.3 Å². The molecule has 1 N–H and O–H groups in total. The van der Waals surface area contributed by atoms with Crippen molar-refractivity contribution in [2.45, 2.75) is 25.4 Å². The minimum atomic E-state index is -4.69. The number of aryl methyl sites for hydroxylation is 1. The molecule has 2 aromatic heterocycles. The first-order valence-corrected chi connectivity index (χ1v) is 9.42. The fourth-order valence-electron chi connectivity index (χ4n) is 2.15. The highest BCUT2D eigenvalue weighted by molar-refractivity contribution is 7.88. The zero-order valence-electron chi connectivity index (χ0n) is 12.8. The molecule has 0 amide bonds. The molecule has 0 bridgehead atoms. The molecule has 0 fully saturated rings. The second kappa shape index (κ2) is 6.35. The van der Waals surface area contributed by atoms with Crippen LogP contribution in [0.1, 0.15) is 22.0 Å². The molecule has 0 aliphatic heterocycles. The lowest BCUT2D eigenvalue weighted by molar-refractivity contribution is -0.146. The molecule has 134 valence electrons. The van der Waals surface area contributed by atoms with Crippen molar-refractivity contribution in [3.63, 3.8) is 0 Å². The van der Waals surface area contributed by atoms with Crippen LogP contribution in [0.3, 0.4) is 0 Å². The Morgan fingerprint density at radius 2 is 2.04 bits per heavy atom. The normalized spacial score (nSPS) is 12.8. The lowest BCUT2D eigenvalue weighted by atomic mass is 10.2. The van der Waals surface area contributed by atoms with Gasteiger partial charge in [0, 0.05) is 0 Å². The van der Waals surface area contributed by atoms with Gasteiger partial charge in [-0.2, -0.15) is 22.8 Å². The zero-order chi connectivity index (χ0) is 18.2. The molecule has 1 aromatic carbocycles. The van der Waals surface area contributed by atoms with E-state index in [1.807, 2.05) is 13.0 Å². The number of benzene rings is 1. The largest absolute Gasteiger partial charge is 0.453 e. The van der Waals surface area contributed by atoms with Gasteiger partial charge in [-0.05, 0) is 12.5 Å². The molecule has 25 heavy (non-hydrogen) atoms. The number of rotatable bonds is 5. The monoisotopic (exact) mass is 391 g/mol. The Labute approximate surface area is 144 Å². The van der Waals surface area contributed by atoms with Crippen LogP contribution in [0.4, 0.5) is 13.2 Å². The van der Waals surface area contributed by atoms with E-state index in [2.05, 4.69) is 20.0 Å². The quantitative estimate of drug-likeness (QED) is 0.720. The van der Waals surface area contributed by atoms with Crippen LogP contribution < -0.4 is 4.72 Å². The maximum atomic E-state index is 12.7. The van der Waals surface area contributed by atoms with Crippen LogP contribution in [-0.2, 0) is 28.5 Å². The SMILES string of the molecule is Cc1cccc(CS(=O)(=O)NCc2nn3c(C(F)(F)F)nnc3s2)c1. The predicted molar refractivity (Wildman–Crippen MR) is 84.3 cm³/mol. The summed E-state index contributed by atoms with van der Waals surface area (Å²) in [4.78, 5) is -0.0554. The number of halogens is 3. The topological polar surface area (TPSA) is 89.2 Å². The van der Waals surface area contributed by atoms with E-state index in [1.165, 1.54) is 0 Å². The number of hydrogen-bond donors (Lipinski definition) is 1. The zero-order valence-corrected chi connectivity index (χ0v) is 14.4. The molecule has 0 radical (unpaired) electrons. The molecule has 7 nitrogen and oxygen atoms in total. The average Bonchev–Trinajstić information content (AvgIpc) is 3.03. The Kier molecular flexibility index (Phi) is 4.51. The van der Waals surface area contributed by atoms with Crippen LogP contribution in [0.15, 0.2) is 24.3 Å². The molecule has 3 aromatic rings. The van der Waals surface area contributed by atoms with Crippen molar-refractivity contribution in [2.24, 2.45) is 0 Å². The molecule has 0 atom stereocenters. The summed E-state index contributed by atoms with van der Waals surface area (Å²) in [6.07, 6.45) is -4.69. The van der Waals surface area contributed by atoms with Crippen LogP contribution in [0.25, 0.3) is 4.96 Å². The van der Waals surface area contributed by atoms with Gasteiger partial charge in [0.15, 0.2) is 0 Å². The Balaban J connectivity index is 1.72. The second-order valence-corrected chi connectivity index (χ2v) is 8.13. The summed E-state index contributed by atoms with van der Waals surface area (Å²) in [5, 5.41) is 10.3. The summed E-state index contributed by atoms with van der Waals surface area (Å²) in [7, 11) is -3.66. The number of sulfonamides is 1. The Morgan fingerprint density at radius 1 is 1.28 bits per heavy atom. The summed E-state index contributed by atoms with van der Waals surface area (Å²) in [6, 6.07) is 7.03. The minimum absolute atomic E-state index is 0.0554. The second-order valence-electron chi connectivity index (χ2n) is 5.28. The molecule has 0 saturated heterocycles. The maximum absolute atomic E-state index is 12.7. The third kappa shape index (κ3) is 4.14. The molecule has 2 heterocycles. The molecular weight excluding hydrogens is 379 g/mol. The third-order valence-corrected chi connectivity index (χ3v) is 5.37. The smallest absolute Gasteiger partial charge is 0.212 e. The lowest BCUT2D eigenvalue weighted by Gasteiger charge is -2.06. The van der Waals surface area contributed by atoms with Crippen LogP contribution in [0.5, 0.6) is 0 Å². The van der Waals surface area contributed by atoms with Crippen molar-refractivity contribution < 1.29 is 21.6 Å². The Hall–Kier alpha value is -2.05. The number of alkyl halides is 3. The van der Waals surface area contributed by atoms with Crippen LogP contribution in [0.2, 0.25) is 0 Å². The summed E-state index contributed by atoms with van der Waals surface area (Å²) in [5.41, 5.74) is 1.55.